The lowest BCUT2D eigenvalue weighted by atomic mass is 9.98. The van der Waals surface area contributed by atoms with E-state index in [9.17, 15) is 19.2 Å². The first-order chi connectivity index (χ1) is 13.9. The van der Waals surface area contributed by atoms with E-state index in [2.05, 4.69) is 10.6 Å². The Kier molecular flexibility index (Phi) is 6.20. The highest BCUT2D eigenvalue weighted by molar-refractivity contribution is 6.07. The maximum atomic E-state index is 12.6. The Labute approximate surface area is 170 Å². The van der Waals surface area contributed by atoms with Crippen LogP contribution >= 0.6 is 0 Å². The third kappa shape index (κ3) is 4.26. The van der Waals surface area contributed by atoms with Gasteiger partial charge in [0.05, 0.1) is 0 Å². The van der Waals surface area contributed by atoms with Gasteiger partial charge in [-0.3, -0.25) is 19.3 Å². The molecule has 2 fully saturated rings. The van der Waals surface area contributed by atoms with E-state index in [1.807, 2.05) is 13.8 Å². The molecule has 1 saturated heterocycles. The molecule has 0 aromatic heterocycles. The van der Waals surface area contributed by atoms with E-state index in [1.165, 1.54) is 0 Å². The van der Waals surface area contributed by atoms with Gasteiger partial charge in [0.25, 0.3) is 11.8 Å². The number of carbonyl (C=O) groups excluding carboxylic acids is 4. The summed E-state index contributed by atoms with van der Waals surface area (Å²) in [5, 5.41) is 5.55. The Balaban J connectivity index is 1.53. The standard InChI is InChI=1S/C21H28N4O4/c1-3-24(4-2)18(27)15-7-9-16(10-8-15)22-17(26)11-14-25-19(28)21(23-20(25)29)12-5-6-13-21/h7-10H,3-6,11-14H2,1-2H3,(H,22,26)(H,23,29). The van der Waals surface area contributed by atoms with Crippen LogP contribution in [-0.4, -0.2) is 58.7 Å². The zero-order valence-electron chi connectivity index (χ0n) is 17.0. The maximum absolute atomic E-state index is 12.6. The number of amides is 5. The number of nitrogens with zero attached hydrogens (tertiary/aromatic N) is 2. The van der Waals surface area contributed by atoms with Gasteiger partial charge in [-0.25, -0.2) is 4.79 Å². The Bertz CT molecular complexity index is 795. The average molecular weight is 400 g/mol. The molecule has 8 heteroatoms. The Hall–Kier alpha value is -2.90. The minimum absolute atomic E-state index is 0.0232. The predicted octanol–water partition coefficient (Wildman–Crippen LogP) is 2.36. The molecule has 1 aromatic carbocycles. The lowest BCUT2D eigenvalue weighted by molar-refractivity contribution is -0.131. The predicted molar refractivity (Wildman–Crippen MR) is 108 cm³/mol. The summed E-state index contributed by atoms with van der Waals surface area (Å²) in [5.74, 6) is -0.555. The minimum atomic E-state index is -0.749. The van der Waals surface area contributed by atoms with Crippen molar-refractivity contribution in [3.8, 4) is 0 Å². The molecular formula is C21H28N4O4. The number of benzene rings is 1. The summed E-state index contributed by atoms with van der Waals surface area (Å²) in [6.07, 6.45) is 3.20. The summed E-state index contributed by atoms with van der Waals surface area (Å²) in [7, 11) is 0. The molecule has 8 nitrogen and oxygen atoms in total. The molecule has 5 amide bonds. The van der Waals surface area contributed by atoms with Crippen molar-refractivity contribution < 1.29 is 19.2 Å². The molecule has 1 spiro atoms. The van der Waals surface area contributed by atoms with Crippen LogP contribution in [0.4, 0.5) is 10.5 Å². The van der Waals surface area contributed by atoms with E-state index in [-0.39, 0.29) is 30.7 Å². The number of hydrogen-bond donors (Lipinski definition) is 2. The number of hydrogen-bond acceptors (Lipinski definition) is 4. The lowest BCUT2D eigenvalue weighted by Crippen LogP contribution is -2.44. The van der Waals surface area contributed by atoms with Gasteiger partial charge < -0.3 is 15.5 Å². The van der Waals surface area contributed by atoms with Crippen molar-refractivity contribution in [3.63, 3.8) is 0 Å². The van der Waals surface area contributed by atoms with Crippen molar-refractivity contribution in [1.29, 1.82) is 0 Å². The lowest BCUT2D eigenvalue weighted by Gasteiger charge is -2.20. The first-order valence-corrected chi connectivity index (χ1v) is 10.2. The Morgan fingerprint density at radius 2 is 1.72 bits per heavy atom. The van der Waals surface area contributed by atoms with E-state index >= 15 is 0 Å². The Morgan fingerprint density at radius 3 is 2.31 bits per heavy atom. The summed E-state index contributed by atoms with van der Waals surface area (Å²) in [4.78, 5) is 52.2. The largest absolute Gasteiger partial charge is 0.339 e. The molecule has 0 bridgehead atoms. The topological polar surface area (TPSA) is 98.8 Å². The Morgan fingerprint density at radius 1 is 1.10 bits per heavy atom. The highest BCUT2D eigenvalue weighted by Crippen LogP contribution is 2.35. The van der Waals surface area contributed by atoms with Gasteiger partial charge in [0.15, 0.2) is 0 Å². The highest BCUT2D eigenvalue weighted by Gasteiger charge is 2.52. The molecular weight excluding hydrogens is 372 g/mol. The summed E-state index contributed by atoms with van der Waals surface area (Å²) in [6.45, 7) is 5.18. The van der Waals surface area contributed by atoms with Gasteiger partial charge in [-0.2, -0.15) is 0 Å². The molecule has 29 heavy (non-hydrogen) atoms. The van der Waals surface area contributed by atoms with Gasteiger partial charge in [-0.05, 0) is 51.0 Å². The van der Waals surface area contributed by atoms with Gasteiger partial charge in [-0.1, -0.05) is 12.8 Å². The molecule has 0 unspecified atom stereocenters. The van der Waals surface area contributed by atoms with Crippen molar-refractivity contribution in [2.45, 2.75) is 51.5 Å². The van der Waals surface area contributed by atoms with Crippen LogP contribution in [0.1, 0.15) is 56.3 Å². The van der Waals surface area contributed by atoms with Crippen molar-refractivity contribution >= 4 is 29.4 Å². The molecule has 1 aliphatic carbocycles. The van der Waals surface area contributed by atoms with Crippen molar-refractivity contribution in [3.05, 3.63) is 29.8 Å². The van der Waals surface area contributed by atoms with Crippen LogP contribution in [0.15, 0.2) is 24.3 Å². The third-order valence-corrected chi connectivity index (χ3v) is 5.73. The first kappa shape index (κ1) is 20.8. The quantitative estimate of drug-likeness (QED) is 0.687. The van der Waals surface area contributed by atoms with E-state index < -0.39 is 11.6 Å². The summed E-state index contributed by atoms with van der Waals surface area (Å²) in [5.41, 5.74) is 0.379. The molecule has 1 aromatic rings. The molecule has 1 heterocycles. The maximum Gasteiger partial charge on any atom is 0.325 e. The molecule has 3 rings (SSSR count). The summed E-state index contributed by atoms with van der Waals surface area (Å²) < 4.78 is 0. The van der Waals surface area contributed by atoms with Gasteiger partial charge in [0.2, 0.25) is 5.91 Å². The number of anilines is 1. The second kappa shape index (κ2) is 8.63. The number of nitrogens with one attached hydrogen (secondary N) is 2. The monoisotopic (exact) mass is 400 g/mol. The average Bonchev–Trinajstić information content (AvgIpc) is 3.27. The van der Waals surface area contributed by atoms with Crippen LogP contribution < -0.4 is 10.6 Å². The smallest absolute Gasteiger partial charge is 0.325 e. The molecule has 1 saturated carbocycles. The molecule has 0 atom stereocenters. The molecule has 156 valence electrons. The molecule has 1 aliphatic heterocycles. The fourth-order valence-electron chi connectivity index (χ4n) is 4.02. The van der Waals surface area contributed by atoms with Crippen molar-refractivity contribution in [2.24, 2.45) is 0 Å². The van der Waals surface area contributed by atoms with Crippen LogP contribution in [0.5, 0.6) is 0 Å². The minimum Gasteiger partial charge on any atom is -0.339 e. The van der Waals surface area contributed by atoms with E-state index in [0.717, 1.165) is 17.7 Å². The molecule has 2 aliphatic rings. The number of carbonyl (C=O) groups is 4. The normalized spacial score (nSPS) is 17.5. The van der Waals surface area contributed by atoms with E-state index in [1.54, 1.807) is 29.2 Å². The van der Waals surface area contributed by atoms with Gasteiger partial charge in [0.1, 0.15) is 5.54 Å². The zero-order chi connectivity index (χ0) is 21.0. The van der Waals surface area contributed by atoms with E-state index in [0.29, 0.717) is 37.2 Å². The fraction of sp³-hybridized carbons (Fsp3) is 0.524. The second-order valence-electron chi connectivity index (χ2n) is 7.53. The second-order valence-corrected chi connectivity index (χ2v) is 7.53. The van der Waals surface area contributed by atoms with Crippen LogP contribution in [0.25, 0.3) is 0 Å². The molecule has 0 radical (unpaired) electrons. The zero-order valence-corrected chi connectivity index (χ0v) is 17.0. The third-order valence-electron chi connectivity index (χ3n) is 5.73. The number of rotatable bonds is 7. The number of urea groups is 1. The van der Waals surface area contributed by atoms with Crippen LogP contribution in [0, 0.1) is 0 Å². The SMILES string of the molecule is CCN(CC)C(=O)c1ccc(NC(=O)CCN2C(=O)NC3(CCCC3)C2=O)cc1. The molecule has 2 N–H and O–H groups in total. The van der Waals surface area contributed by atoms with Gasteiger partial charge in [0, 0.05) is 37.3 Å². The van der Waals surface area contributed by atoms with Crippen molar-refractivity contribution in [2.75, 3.05) is 25.0 Å². The summed E-state index contributed by atoms with van der Waals surface area (Å²) >= 11 is 0. The summed E-state index contributed by atoms with van der Waals surface area (Å²) in [6, 6.07) is 6.30. The number of imide groups is 1. The van der Waals surface area contributed by atoms with Crippen LogP contribution in [-0.2, 0) is 9.59 Å². The van der Waals surface area contributed by atoms with Crippen molar-refractivity contribution in [1.82, 2.24) is 15.1 Å². The van der Waals surface area contributed by atoms with Gasteiger partial charge in [-0.15, -0.1) is 0 Å². The first-order valence-electron chi connectivity index (χ1n) is 10.2. The highest BCUT2D eigenvalue weighted by atomic mass is 16.2. The van der Waals surface area contributed by atoms with Gasteiger partial charge >= 0.3 is 6.03 Å². The van der Waals surface area contributed by atoms with Crippen LogP contribution in [0.3, 0.4) is 0 Å². The van der Waals surface area contributed by atoms with E-state index in [4.69, 9.17) is 0 Å². The van der Waals surface area contributed by atoms with Crippen LogP contribution in [0.2, 0.25) is 0 Å². The fourth-order valence-corrected chi connectivity index (χ4v) is 4.02.